The van der Waals surface area contributed by atoms with E-state index in [2.05, 4.69) is 26.1 Å². The van der Waals surface area contributed by atoms with Crippen LogP contribution in [0.25, 0.3) is 32.8 Å². The average Bonchev–Trinajstić information content (AvgIpc) is 2.86. The van der Waals surface area contributed by atoms with Crippen LogP contribution in [0, 0.1) is 0 Å². The first kappa shape index (κ1) is 22.6. The highest BCUT2D eigenvalue weighted by atomic mass is 16.1. The van der Waals surface area contributed by atoms with E-state index in [0.29, 0.717) is 22.3 Å². The van der Waals surface area contributed by atoms with Crippen molar-refractivity contribution in [1.29, 1.82) is 0 Å². The minimum Gasteiger partial charge on any atom is -0.330 e. The van der Waals surface area contributed by atoms with Crippen LogP contribution in [-0.2, 0) is 12.5 Å². The summed E-state index contributed by atoms with van der Waals surface area (Å²) in [5.74, 6) is 0.229. The van der Waals surface area contributed by atoms with E-state index in [0.717, 1.165) is 27.4 Å². The van der Waals surface area contributed by atoms with Crippen molar-refractivity contribution in [2.75, 3.05) is 5.32 Å². The molecule has 0 saturated carbocycles. The summed E-state index contributed by atoms with van der Waals surface area (Å²) in [6.07, 6.45) is 0. The van der Waals surface area contributed by atoms with Gasteiger partial charge in [-0.15, -0.1) is 0 Å². The van der Waals surface area contributed by atoms with Gasteiger partial charge < -0.3 is 9.88 Å². The molecule has 0 unspecified atom stereocenters. The Morgan fingerprint density at radius 1 is 0.771 bits per heavy atom. The molecule has 1 amide bonds. The smallest absolute Gasteiger partial charge is 0.256 e. The fourth-order valence-corrected chi connectivity index (χ4v) is 4.63. The van der Waals surface area contributed by atoms with Crippen LogP contribution in [-0.4, -0.2) is 10.5 Å². The summed E-state index contributed by atoms with van der Waals surface area (Å²) in [4.78, 5) is 27.2. The predicted molar refractivity (Wildman–Crippen MR) is 145 cm³/mol. The summed E-state index contributed by atoms with van der Waals surface area (Å²) >= 11 is 0. The van der Waals surface area contributed by atoms with Gasteiger partial charge in [0.1, 0.15) is 5.82 Å². The first-order valence-corrected chi connectivity index (χ1v) is 11.8. The maximum absolute atomic E-state index is 13.9. The van der Waals surface area contributed by atoms with E-state index in [-0.39, 0.29) is 16.8 Å². The molecule has 5 rings (SSSR count). The Morgan fingerprint density at radius 3 is 2.11 bits per heavy atom. The van der Waals surface area contributed by atoms with Gasteiger partial charge in [0.05, 0.1) is 11.1 Å². The molecule has 174 valence electrons. The van der Waals surface area contributed by atoms with Crippen LogP contribution in [0.15, 0.2) is 95.8 Å². The molecule has 0 bridgehead atoms. The summed E-state index contributed by atoms with van der Waals surface area (Å²) < 4.78 is 1.90. The van der Waals surface area contributed by atoms with E-state index in [1.165, 1.54) is 0 Å². The topological polar surface area (TPSA) is 51.1 Å². The number of aromatic nitrogens is 1. The fraction of sp³-hybridized carbons (Fsp3) is 0.161. The number of anilines is 1. The number of carbonyl (C=O) groups is 1. The van der Waals surface area contributed by atoms with Gasteiger partial charge in [-0.1, -0.05) is 87.5 Å². The lowest BCUT2D eigenvalue weighted by molar-refractivity contribution is 0.102. The first-order valence-electron chi connectivity index (χ1n) is 11.8. The molecule has 0 aliphatic rings. The number of carbonyl (C=O) groups excluding carboxylic acids is 1. The van der Waals surface area contributed by atoms with Crippen molar-refractivity contribution in [2.45, 2.75) is 26.2 Å². The molecule has 0 aliphatic carbocycles. The van der Waals surface area contributed by atoms with Gasteiger partial charge in [0.25, 0.3) is 5.91 Å². The normalized spacial score (nSPS) is 11.7. The summed E-state index contributed by atoms with van der Waals surface area (Å²) in [5.41, 5.74) is 3.65. The van der Waals surface area contributed by atoms with Crippen LogP contribution in [0.2, 0.25) is 0 Å². The van der Waals surface area contributed by atoms with Gasteiger partial charge in [-0.05, 0) is 51.6 Å². The lowest BCUT2D eigenvalue weighted by Gasteiger charge is -2.20. The number of benzene rings is 4. The molecule has 4 aromatic carbocycles. The molecule has 0 atom stereocenters. The maximum Gasteiger partial charge on any atom is 0.256 e. The van der Waals surface area contributed by atoms with E-state index < -0.39 is 0 Å². The van der Waals surface area contributed by atoms with Crippen LogP contribution >= 0.6 is 0 Å². The van der Waals surface area contributed by atoms with E-state index in [9.17, 15) is 9.59 Å². The Kier molecular flexibility index (Phi) is 5.52. The molecule has 1 heterocycles. The number of hydrogen-bond donors (Lipinski definition) is 1. The third-order valence-electron chi connectivity index (χ3n) is 6.61. The van der Waals surface area contributed by atoms with E-state index in [4.69, 9.17) is 0 Å². The quantitative estimate of drug-likeness (QED) is 0.318. The number of aryl methyl sites for hydroxylation is 1. The second-order valence-corrected chi connectivity index (χ2v) is 9.94. The van der Waals surface area contributed by atoms with Crippen molar-refractivity contribution >= 4 is 33.4 Å². The van der Waals surface area contributed by atoms with E-state index >= 15 is 0 Å². The largest absolute Gasteiger partial charge is 0.330 e. The standard InChI is InChI=1S/C31H28N2O2/c1-31(2,3)22-18-16-21(17-19-22)30(35)32-29-27(24-14-9-11-20-10-5-6-12-23(20)24)28(34)25-13-7-8-15-26(25)33(29)4/h5-19H,1-4H3,(H,32,35). The number of pyridine rings is 1. The molecule has 35 heavy (non-hydrogen) atoms. The third-order valence-corrected chi connectivity index (χ3v) is 6.61. The summed E-state index contributed by atoms with van der Waals surface area (Å²) in [7, 11) is 1.88. The van der Waals surface area contributed by atoms with Crippen molar-refractivity contribution in [1.82, 2.24) is 4.57 Å². The Morgan fingerprint density at radius 2 is 1.40 bits per heavy atom. The molecule has 0 spiro atoms. The Labute approximate surface area is 204 Å². The van der Waals surface area contributed by atoms with Crippen LogP contribution in [0.4, 0.5) is 5.82 Å². The van der Waals surface area contributed by atoms with Crippen molar-refractivity contribution in [3.63, 3.8) is 0 Å². The van der Waals surface area contributed by atoms with E-state index in [1.54, 1.807) is 0 Å². The zero-order valence-electron chi connectivity index (χ0n) is 20.4. The zero-order chi connectivity index (χ0) is 24.7. The number of nitrogens with one attached hydrogen (secondary N) is 1. The summed E-state index contributed by atoms with van der Waals surface area (Å²) in [6, 6.07) is 29.1. The molecule has 0 fully saturated rings. The lowest BCUT2D eigenvalue weighted by Crippen LogP contribution is -2.21. The SMILES string of the molecule is Cn1c(NC(=O)c2ccc(C(C)(C)C)cc2)c(-c2cccc3ccccc23)c(=O)c2ccccc21. The average molecular weight is 461 g/mol. The molecule has 4 heteroatoms. The first-order chi connectivity index (χ1) is 16.8. The molecular weight excluding hydrogens is 432 g/mol. The number of fused-ring (bicyclic) bond motifs is 2. The van der Waals surface area contributed by atoms with Gasteiger partial charge in [-0.3, -0.25) is 9.59 Å². The van der Waals surface area contributed by atoms with Crippen molar-refractivity contribution in [3.05, 3.63) is 112 Å². The van der Waals surface area contributed by atoms with Crippen LogP contribution in [0.5, 0.6) is 0 Å². The number of hydrogen-bond acceptors (Lipinski definition) is 2. The van der Waals surface area contributed by atoms with Gasteiger partial charge in [-0.2, -0.15) is 0 Å². The van der Waals surface area contributed by atoms with E-state index in [1.807, 2.05) is 103 Å². The van der Waals surface area contributed by atoms with Crippen molar-refractivity contribution in [3.8, 4) is 11.1 Å². The van der Waals surface area contributed by atoms with Crippen LogP contribution in [0.3, 0.4) is 0 Å². The monoisotopic (exact) mass is 460 g/mol. The van der Waals surface area contributed by atoms with Gasteiger partial charge in [-0.25, -0.2) is 0 Å². The molecule has 0 saturated heterocycles. The minimum absolute atomic E-state index is 0.00120. The molecule has 5 aromatic rings. The second-order valence-electron chi connectivity index (χ2n) is 9.94. The summed E-state index contributed by atoms with van der Waals surface area (Å²) in [5, 5.41) is 5.69. The molecule has 1 aromatic heterocycles. The Balaban J connectivity index is 1.71. The molecule has 0 radical (unpaired) electrons. The second kappa shape index (κ2) is 8.55. The van der Waals surface area contributed by atoms with Gasteiger partial charge in [0, 0.05) is 18.0 Å². The summed E-state index contributed by atoms with van der Waals surface area (Å²) in [6.45, 7) is 6.43. The predicted octanol–water partition coefficient (Wildman–Crippen LogP) is 6.91. The fourth-order valence-electron chi connectivity index (χ4n) is 4.63. The minimum atomic E-state index is -0.253. The van der Waals surface area contributed by atoms with Crippen LogP contribution in [0.1, 0.15) is 36.7 Å². The molecule has 1 N–H and O–H groups in total. The van der Waals surface area contributed by atoms with Gasteiger partial charge in [0.15, 0.2) is 5.43 Å². The Hall–Kier alpha value is -4.18. The van der Waals surface area contributed by atoms with Crippen molar-refractivity contribution < 1.29 is 4.79 Å². The molecular formula is C31H28N2O2. The molecule has 4 nitrogen and oxygen atoms in total. The third kappa shape index (κ3) is 4.01. The Bertz CT molecular complexity index is 1630. The maximum atomic E-state index is 13.9. The number of para-hydroxylation sites is 1. The lowest BCUT2D eigenvalue weighted by atomic mass is 9.86. The highest BCUT2D eigenvalue weighted by Crippen LogP contribution is 2.33. The van der Waals surface area contributed by atoms with Crippen LogP contribution < -0.4 is 10.7 Å². The van der Waals surface area contributed by atoms with Crippen molar-refractivity contribution in [2.24, 2.45) is 7.05 Å². The molecule has 0 aliphatic heterocycles. The number of nitrogens with zero attached hydrogens (tertiary/aromatic N) is 1. The number of rotatable bonds is 3. The van der Waals surface area contributed by atoms with Gasteiger partial charge >= 0.3 is 0 Å². The highest BCUT2D eigenvalue weighted by molar-refractivity contribution is 6.09. The van der Waals surface area contributed by atoms with Gasteiger partial charge in [0.2, 0.25) is 0 Å². The zero-order valence-corrected chi connectivity index (χ0v) is 20.4. The highest BCUT2D eigenvalue weighted by Gasteiger charge is 2.21. The number of amides is 1.